The third-order valence-electron chi connectivity index (χ3n) is 2.97. The summed E-state index contributed by atoms with van der Waals surface area (Å²) in [5, 5.41) is 0. The van der Waals surface area contributed by atoms with E-state index in [4.69, 9.17) is 10.5 Å². The summed E-state index contributed by atoms with van der Waals surface area (Å²) in [6.07, 6.45) is 2.53. The fourth-order valence-corrected chi connectivity index (χ4v) is 1.84. The van der Waals surface area contributed by atoms with E-state index in [-0.39, 0.29) is 0 Å². The molecule has 0 aromatic carbocycles. The third-order valence-corrected chi connectivity index (χ3v) is 2.97. The van der Waals surface area contributed by atoms with Crippen LogP contribution in [0, 0.1) is 0 Å². The first kappa shape index (κ1) is 11.0. The van der Waals surface area contributed by atoms with Gasteiger partial charge in [-0.15, -0.1) is 0 Å². The number of nitrogens with two attached hydrogens (primary N) is 1. The Labute approximate surface area is 81.2 Å². The lowest BCUT2D eigenvalue weighted by Gasteiger charge is -2.29. The Morgan fingerprint density at radius 1 is 1.38 bits per heavy atom. The van der Waals surface area contributed by atoms with Crippen LogP contribution in [-0.4, -0.2) is 43.3 Å². The van der Waals surface area contributed by atoms with Gasteiger partial charge < -0.3 is 10.5 Å². The maximum absolute atomic E-state index is 5.77. The van der Waals surface area contributed by atoms with Crippen molar-refractivity contribution in [3.05, 3.63) is 0 Å². The van der Waals surface area contributed by atoms with Gasteiger partial charge in [0.2, 0.25) is 0 Å². The van der Waals surface area contributed by atoms with Crippen molar-refractivity contribution in [1.29, 1.82) is 0 Å². The number of hydrogen-bond donors (Lipinski definition) is 1. The molecular weight excluding hydrogens is 164 g/mol. The lowest BCUT2D eigenvalue weighted by Crippen LogP contribution is -2.44. The Balaban J connectivity index is 2.26. The van der Waals surface area contributed by atoms with E-state index in [0.717, 1.165) is 32.8 Å². The highest BCUT2D eigenvalue weighted by atomic mass is 16.5. The molecule has 0 aromatic heterocycles. The Bertz CT molecular complexity index is 146. The van der Waals surface area contributed by atoms with Crippen LogP contribution in [-0.2, 0) is 4.74 Å². The van der Waals surface area contributed by atoms with Crippen molar-refractivity contribution in [2.75, 3.05) is 32.8 Å². The van der Waals surface area contributed by atoms with Crippen molar-refractivity contribution in [2.45, 2.75) is 32.2 Å². The molecule has 1 saturated carbocycles. The van der Waals surface area contributed by atoms with Gasteiger partial charge in [0.1, 0.15) is 0 Å². The van der Waals surface area contributed by atoms with Gasteiger partial charge in [-0.3, -0.25) is 4.90 Å². The molecule has 78 valence electrons. The maximum atomic E-state index is 5.77. The van der Waals surface area contributed by atoms with Gasteiger partial charge in [0.25, 0.3) is 0 Å². The zero-order valence-electron chi connectivity index (χ0n) is 8.88. The molecule has 0 heterocycles. The van der Waals surface area contributed by atoms with Crippen molar-refractivity contribution in [2.24, 2.45) is 5.73 Å². The van der Waals surface area contributed by atoms with Gasteiger partial charge in [-0.25, -0.2) is 0 Å². The van der Waals surface area contributed by atoms with Gasteiger partial charge in [0.05, 0.1) is 6.61 Å². The van der Waals surface area contributed by atoms with Crippen LogP contribution in [0.1, 0.15) is 26.7 Å². The van der Waals surface area contributed by atoms with Crippen LogP contribution >= 0.6 is 0 Å². The zero-order chi connectivity index (χ0) is 9.73. The number of ether oxygens (including phenoxy) is 1. The summed E-state index contributed by atoms with van der Waals surface area (Å²) >= 11 is 0. The van der Waals surface area contributed by atoms with Crippen LogP contribution in [0.3, 0.4) is 0 Å². The fraction of sp³-hybridized carbons (Fsp3) is 1.00. The average Bonchev–Trinajstić information content (AvgIpc) is 2.93. The highest BCUT2D eigenvalue weighted by molar-refractivity contribution is 5.04. The SMILES string of the molecule is CCOCCN(CC)C1(CN)CC1. The van der Waals surface area contributed by atoms with E-state index in [9.17, 15) is 0 Å². The molecule has 0 aliphatic heterocycles. The molecule has 0 bridgehead atoms. The molecule has 13 heavy (non-hydrogen) atoms. The van der Waals surface area contributed by atoms with Gasteiger partial charge in [-0.1, -0.05) is 6.92 Å². The molecule has 1 fully saturated rings. The summed E-state index contributed by atoms with van der Waals surface area (Å²) in [5.74, 6) is 0. The smallest absolute Gasteiger partial charge is 0.0593 e. The van der Waals surface area contributed by atoms with Crippen molar-refractivity contribution in [3.63, 3.8) is 0 Å². The summed E-state index contributed by atoms with van der Waals surface area (Å²) in [6.45, 7) is 8.80. The second kappa shape index (κ2) is 4.94. The van der Waals surface area contributed by atoms with E-state index in [0.29, 0.717) is 5.54 Å². The highest BCUT2D eigenvalue weighted by Crippen LogP contribution is 2.40. The second-order valence-corrected chi connectivity index (χ2v) is 3.71. The second-order valence-electron chi connectivity index (χ2n) is 3.71. The normalized spacial score (nSPS) is 19.4. The van der Waals surface area contributed by atoms with E-state index < -0.39 is 0 Å². The minimum absolute atomic E-state index is 0.339. The number of likely N-dealkylation sites (N-methyl/N-ethyl adjacent to an activating group) is 1. The van der Waals surface area contributed by atoms with E-state index in [1.807, 2.05) is 6.92 Å². The van der Waals surface area contributed by atoms with Gasteiger partial charge in [-0.05, 0) is 26.3 Å². The quantitative estimate of drug-likeness (QED) is 0.599. The molecule has 2 N–H and O–H groups in total. The molecule has 0 saturated heterocycles. The molecular formula is C10H22N2O. The van der Waals surface area contributed by atoms with Crippen LogP contribution in [0.2, 0.25) is 0 Å². The first-order chi connectivity index (χ1) is 6.29. The first-order valence-electron chi connectivity index (χ1n) is 5.32. The Hall–Kier alpha value is -0.120. The zero-order valence-corrected chi connectivity index (χ0v) is 8.88. The highest BCUT2D eigenvalue weighted by Gasteiger charge is 2.45. The maximum Gasteiger partial charge on any atom is 0.0593 e. The van der Waals surface area contributed by atoms with Crippen LogP contribution in [0.4, 0.5) is 0 Å². The van der Waals surface area contributed by atoms with Crippen molar-refractivity contribution in [3.8, 4) is 0 Å². The molecule has 0 amide bonds. The predicted octanol–water partition coefficient (Wildman–Crippen LogP) is 0.836. The number of nitrogens with zero attached hydrogens (tertiary/aromatic N) is 1. The Morgan fingerprint density at radius 2 is 2.08 bits per heavy atom. The summed E-state index contributed by atoms with van der Waals surface area (Å²) in [4.78, 5) is 2.46. The van der Waals surface area contributed by atoms with E-state index in [2.05, 4.69) is 11.8 Å². The molecule has 1 rings (SSSR count). The summed E-state index contributed by atoms with van der Waals surface area (Å²) in [5.41, 5.74) is 6.11. The molecule has 3 heteroatoms. The molecule has 0 spiro atoms. The predicted molar refractivity (Wildman–Crippen MR) is 54.8 cm³/mol. The minimum atomic E-state index is 0.339. The number of hydrogen-bond acceptors (Lipinski definition) is 3. The van der Waals surface area contributed by atoms with E-state index in [1.54, 1.807) is 0 Å². The largest absolute Gasteiger partial charge is 0.380 e. The van der Waals surface area contributed by atoms with Gasteiger partial charge in [0, 0.05) is 25.2 Å². The molecule has 1 aliphatic rings. The van der Waals surface area contributed by atoms with Crippen molar-refractivity contribution in [1.82, 2.24) is 4.90 Å². The lowest BCUT2D eigenvalue weighted by atomic mass is 10.2. The van der Waals surface area contributed by atoms with Crippen LogP contribution < -0.4 is 5.73 Å². The van der Waals surface area contributed by atoms with Crippen molar-refractivity contribution >= 4 is 0 Å². The number of rotatable bonds is 7. The lowest BCUT2D eigenvalue weighted by molar-refractivity contribution is 0.0916. The summed E-state index contributed by atoms with van der Waals surface area (Å²) in [6, 6.07) is 0. The molecule has 3 nitrogen and oxygen atoms in total. The molecule has 0 radical (unpaired) electrons. The van der Waals surface area contributed by atoms with Crippen LogP contribution in [0.25, 0.3) is 0 Å². The van der Waals surface area contributed by atoms with Crippen LogP contribution in [0.15, 0.2) is 0 Å². The van der Waals surface area contributed by atoms with Gasteiger partial charge >= 0.3 is 0 Å². The standard InChI is InChI=1S/C10H22N2O/c1-3-12(7-8-13-4-2)10(9-11)5-6-10/h3-9,11H2,1-2H3. The minimum Gasteiger partial charge on any atom is -0.380 e. The van der Waals surface area contributed by atoms with E-state index in [1.165, 1.54) is 12.8 Å². The monoisotopic (exact) mass is 186 g/mol. The van der Waals surface area contributed by atoms with E-state index >= 15 is 0 Å². The molecule has 0 unspecified atom stereocenters. The first-order valence-corrected chi connectivity index (χ1v) is 5.32. The van der Waals surface area contributed by atoms with Gasteiger partial charge in [-0.2, -0.15) is 0 Å². The fourth-order valence-electron chi connectivity index (χ4n) is 1.84. The summed E-state index contributed by atoms with van der Waals surface area (Å²) < 4.78 is 5.35. The average molecular weight is 186 g/mol. The Kier molecular flexibility index (Phi) is 4.16. The topological polar surface area (TPSA) is 38.5 Å². The van der Waals surface area contributed by atoms with Crippen LogP contribution in [0.5, 0.6) is 0 Å². The Morgan fingerprint density at radius 3 is 2.46 bits per heavy atom. The van der Waals surface area contributed by atoms with Crippen molar-refractivity contribution < 1.29 is 4.74 Å². The molecule has 0 aromatic rings. The van der Waals surface area contributed by atoms with Gasteiger partial charge in [0.15, 0.2) is 0 Å². The molecule has 1 aliphatic carbocycles. The summed E-state index contributed by atoms with van der Waals surface area (Å²) in [7, 11) is 0. The molecule has 0 atom stereocenters. The third kappa shape index (κ3) is 2.66.